The zero-order valence-corrected chi connectivity index (χ0v) is 13.1. The van der Waals surface area contributed by atoms with Gasteiger partial charge >= 0.3 is 0 Å². The van der Waals surface area contributed by atoms with E-state index in [2.05, 4.69) is 47.0 Å². The second-order valence-electron chi connectivity index (χ2n) is 5.75. The van der Waals surface area contributed by atoms with Crippen molar-refractivity contribution in [2.75, 3.05) is 25.4 Å². The zero-order valence-electron chi connectivity index (χ0n) is 12.3. The van der Waals surface area contributed by atoms with E-state index in [4.69, 9.17) is 5.73 Å². The molecule has 2 heterocycles. The maximum Gasteiger partial charge on any atom is 0.0948 e. The molecule has 4 nitrogen and oxygen atoms in total. The first kappa shape index (κ1) is 14.9. The van der Waals surface area contributed by atoms with E-state index in [1.807, 2.05) is 12.5 Å². The van der Waals surface area contributed by atoms with Gasteiger partial charge in [-0.3, -0.25) is 4.90 Å². The molecule has 1 unspecified atom stereocenters. The number of nitrogens with two attached hydrogens (primary N) is 1. The molecule has 19 heavy (non-hydrogen) atoms. The number of rotatable bonds is 4. The van der Waals surface area contributed by atoms with Crippen LogP contribution in [0.15, 0.2) is 12.5 Å². The molecule has 1 saturated heterocycles. The number of hydrogen-bond donors (Lipinski definition) is 1. The van der Waals surface area contributed by atoms with Crippen molar-refractivity contribution in [2.45, 2.75) is 44.5 Å². The fourth-order valence-corrected chi connectivity index (χ4v) is 3.79. The summed E-state index contributed by atoms with van der Waals surface area (Å²) in [6, 6.07) is 0.303. The van der Waals surface area contributed by atoms with Crippen LogP contribution in [-0.2, 0) is 6.54 Å². The molecule has 0 saturated carbocycles. The summed E-state index contributed by atoms with van der Waals surface area (Å²) in [6.07, 6.45) is 5.10. The molecule has 0 radical (unpaired) electrons. The topological polar surface area (TPSA) is 47.1 Å². The predicted octanol–water partition coefficient (Wildman–Crippen LogP) is 2.12. The van der Waals surface area contributed by atoms with Crippen molar-refractivity contribution in [1.82, 2.24) is 14.5 Å². The number of aromatic nitrogens is 2. The monoisotopic (exact) mass is 282 g/mol. The van der Waals surface area contributed by atoms with E-state index in [0.717, 1.165) is 19.6 Å². The lowest BCUT2D eigenvalue weighted by Gasteiger charge is -2.30. The van der Waals surface area contributed by atoms with Crippen LogP contribution in [0.1, 0.15) is 38.9 Å². The number of hydrogen-bond acceptors (Lipinski definition) is 4. The van der Waals surface area contributed by atoms with Gasteiger partial charge in [-0.25, -0.2) is 4.98 Å². The Hall–Kier alpha value is -0.520. The Bertz CT molecular complexity index is 402. The molecule has 2 N–H and O–H groups in total. The van der Waals surface area contributed by atoms with Gasteiger partial charge in [0.05, 0.1) is 18.1 Å². The molecular formula is C14H26N4S. The molecule has 0 amide bonds. The van der Waals surface area contributed by atoms with Crippen LogP contribution in [-0.4, -0.2) is 44.6 Å². The lowest BCUT2D eigenvalue weighted by molar-refractivity contribution is 0.203. The van der Waals surface area contributed by atoms with Crippen LogP contribution in [0.4, 0.5) is 0 Å². The zero-order chi connectivity index (χ0) is 13.9. The third kappa shape index (κ3) is 3.52. The summed E-state index contributed by atoms with van der Waals surface area (Å²) in [5.41, 5.74) is 7.31. The summed E-state index contributed by atoms with van der Waals surface area (Å²) in [4.78, 5) is 6.82. The van der Waals surface area contributed by atoms with Gasteiger partial charge in [0.1, 0.15) is 0 Å². The van der Waals surface area contributed by atoms with E-state index in [0.29, 0.717) is 17.3 Å². The highest BCUT2D eigenvalue weighted by molar-refractivity contribution is 8.00. The van der Waals surface area contributed by atoms with Crippen LogP contribution in [0, 0.1) is 0 Å². The fourth-order valence-electron chi connectivity index (χ4n) is 2.68. The van der Waals surface area contributed by atoms with Gasteiger partial charge in [-0.05, 0) is 13.3 Å². The van der Waals surface area contributed by atoms with Gasteiger partial charge in [0, 0.05) is 42.9 Å². The molecule has 5 heteroatoms. The Labute approximate surface area is 120 Å². The first-order valence-corrected chi connectivity index (χ1v) is 8.14. The first-order valence-electron chi connectivity index (χ1n) is 7.15. The van der Waals surface area contributed by atoms with Crippen molar-refractivity contribution in [3.05, 3.63) is 18.2 Å². The van der Waals surface area contributed by atoms with Crippen LogP contribution in [0.25, 0.3) is 0 Å². The van der Waals surface area contributed by atoms with E-state index in [1.165, 1.54) is 17.9 Å². The minimum atomic E-state index is 0.303. The van der Waals surface area contributed by atoms with Gasteiger partial charge in [-0.1, -0.05) is 13.8 Å². The number of imidazole rings is 1. The molecule has 0 aliphatic carbocycles. The van der Waals surface area contributed by atoms with E-state index in [9.17, 15) is 0 Å². The van der Waals surface area contributed by atoms with E-state index in [-0.39, 0.29) is 0 Å². The predicted molar refractivity (Wildman–Crippen MR) is 82.4 cm³/mol. The van der Waals surface area contributed by atoms with E-state index < -0.39 is 0 Å². The number of aryl methyl sites for hydroxylation is 1. The Morgan fingerprint density at radius 1 is 1.47 bits per heavy atom. The summed E-state index contributed by atoms with van der Waals surface area (Å²) >= 11 is 2.08. The van der Waals surface area contributed by atoms with Crippen molar-refractivity contribution >= 4 is 11.8 Å². The van der Waals surface area contributed by atoms with Gasteiger partial charge in [0.15, 0.2) is 0 Å². The quantitative estimate of drug-likeness (QED) is 0.919. The second kappa shape index (κ2) is 6.29. The van der Waals surface area contributed by atoms with Crippen molar-refractivity contribution < 1.29 is 0 Å². The SMILES string of the molecule is CCn1cncc1C(CN)N1CCSC(C)(C)CC1. The van der Waals surface area contributed by atoms with Crippen molar-refractivity contribution in [2.24, 2.45) is 5.73 Å². The molecule has 0 spiro atoms. The highest BCUT2D eigenvalue weighted by Crippen LogP contribution is 2.33. The van der Waals surface area contributed by atoms with Gasteiger partial charge in [-0.15, -0.1) is 0 Å². The molecule has 1 atom stereocenters. The molecule has 1 fully saturated rings. The molecular weight excluding hydrogens is 256 g/mol. The minimum Gasteiger partial charge on any atom is -0.333 e. The van der Waals surface area contributed by atoms with Gasteiger partial charge < -0.3 is 10.3 Å². The van der Waals surface area contributed by atoms with Crippen molar-refractivity contribution in [1.29, 1.82) is 0 Å². The largest absolute Gasteiger partial charge is 0.333 e. The third-order valence-corrected chi connectivity index (χ3v) is 5.34. The average molecular weight is 282 g/mol. The Balaban J connectivity index is 2.13. The molecule has 0 bridgehead atoms. The van der Waals surface area contributed by atoms with Crippen LogP contribution in [0.5, 0.6) is 0 Å². The Morgan fingerprint density at radius 2 is 2.26 bits per heavy atom. The molecule has 108 valence electrons. The van der Waals surface area contributed by atoms with Crippen LogP contribution >= 0.6 is 11.8 Å². The van der Waals surface area contributed by atoms with Crippen LogP contribution in [0.3, 0.4) is 0 Å². The molecule has 0 aromatic carbocycles. The number of nitrogens with zero attached hydrogens (tertiary/aromatic N) is 3. The van der Waals surface area contributed by atoms with E-state index >= 15 is 0 Å². The van der Waals surface area contributed by atoms with Gasteiger partial charge in [0.25, 0.3) is 0 Å². The fraction of sp³-hybridized carbons (Fsp3) is 0.786. The summed E-state index contributed by atoms with van der Waals surface area (Å²) in [5, 5.41) is 0. The van der Waals surface area contributed by atoms with Crippen LogP contribution in [0.2, 0.25) is 0 Å². The van der Waals surface area contributed by atoms with Crippen molar-refractivity contribution in [3.8, 4) is 0 Å². The standard InChI is InChI=1S/C14H26N4S/c1-4-17-11-16-10-13(17)12(9-15)18-6-5-14(2,3)19-8-7-18/h10-12H,4-9,15H2,1-3H3. The van der Waals surface area contributed by atoms with Gasteiger partial charge in [-0.2, -0.15) is 11.8 Å². The molecule has 1 aliphatic rings. The molecule has 1 aromatic heterocycles. The molecule has 2 rings (SSSR count). The maximum atomic E-state index is 6.05. The highest BCUT2D eigenvalue weighted by atomic mass is 32.2. The molecule has 1 aromatic rings. The Kier molecular flexibility index (Phi) is 4.92. The summed E-state index contributed by atoms with van der Waals surface area (Å²) in [6.45, 7) is 10.7. The maximum absolute atomic E-state index is 6.05. The highest BCUT2D eigenvalue weighted by Gasteiger charge is 2.28. The molecule has 1 aliphatic heterocycles. The van der Waals surface area contributed by atoms with Crippen molar-refractivity contribution in [3.63, 3.8) is 0 Å². The lowest BCUT2D eigenvalue weighted by atomic mass is 10.1. The normalized spacial score (nSPS) is 22.1. The minimum absolute atomic E-state index is 0.303. The summed E-state index contributed by atoms with van der Waals surface area (Å²) in [5.74, 6) is 1.18. The summed E-state index contributed by atoms with van der Waals surface area (Å²) < 4.78 is 2.60. The average Bonchev–Trinajstić information content (AvgIpc) is 2.76. The van der Waals surface area contributed by atoms with Crippen LogP contribution < -0.4 is 5.73 Å². The summed E-state index contributed by atoms with van der Waals surface area (Å²) in [7, 11) is 0. The van der Waals surface area contributed by atoms with E-state index in [1.54, 1.807) is 0 Å². The smallest absolute Gasteiger partial charge is 0.0948 e. The van der Waals surface area contributed by atoms with Gasteiger partial charge in [0.2, 0.25) is 0 Å². The third-order valence-electron chi connectivity index (χ3n) is 3.96. The number of thioether (sulfide) groups is 1. The first-order chi connectivity index (χ1) is 9.07. The Morgan fingerprint density at radius 3 is 2.95 bits per heavy atom. The lowest BCUT2D eigenvalue weighted by Crippen LogP contribution is -2.37. The second-order valence-corrected chi connectivity index (χ2v) is 7.55.